The first kappa shape index (κ1) is 15.5. The van der Waals surface area contributed by atoms with Gasteiger partial charge in [0, 0.05) is 22.9 Å². The molecule has 5 rings (SSSR count). The van der Waals surface area contributed by atoms with Gasteiger partial charge in [-0.25, -0.2) is 9.97 Å². The van der Waals surface area contributed by atoms with Crippen molar-refractivity contribution in [3.8, 4) is 22.8 Å². The van der Waals surface area contributed by atoms with Crippen LogP contribution in [0.15, 0.2) is 89.7 Å². The number of fused-ring (bicyclic) bond motifs is 2. The fourth-order valence-electron chi connectivity index (χ4n) is 3.25. The lowest BCUT2D eigenvalue weighted by molar-refractivity contribution is 1.24. The molecule has 3 aromatic heterocycles. The van der Waals surface area contributed by atoms with E-state index in [1.165, 1.54) is 0 Å². The fourth-order valence-corrected chi connectivity index (χ4v) is 3.25. The maximum Gasteiger partial charge on any atom is 0.182 e. The summed E-state index contributed by atoms with van der Waals surface area (Å²) in [5, 5.41) is 2.13. The van der Waals surface area contributed by atoms with Crippen LogP contribution in [0.25, 0.3) is 44.6 Å². The van der Waals surface area contributed by atoms with E-state index in [-0.39, 0.29) is 5.43 Å². The van der Waals surface area contributed by atoms with E-state index in [1.807, 2.05) is 72.8 Å². The summed E-state index contributed by atoms with van der Waals surface area (Å²) in [6.45, 7) is 0. The highest BCUT2D eigenvalue weighted by Gasteiger charge is 2.08. The Hall–Kier alpha value is -3.79. The van der Waals surface area contributed by atoms with Gasteiger partial charge in [-0.1, -0.05) is 48.5 Å². The molecule has 2 aromatic carbocycles. The normalized spacial score (nSPS) is 11.1. The number of pyridine rings is 3. The van der Waals surface area contributed by atoms with Gasteiger partial charge in [-0.05, 0) is 24.3 Å². The van der Waals surface area contributed by atoms with Crippen molar-refractivity contribution in [3.63, 3.8) is 0 Å². The lowest BCUT2D eigenvalue weighted by Crippen LogP contribution is -2.03. The molecule has 27 heavy (non-hydrogen) atoms. The zero-order valence-corrected chi connectivity index (χ0v) is 14.4. The molecule has 0 fully saturated rings. The molecule has 0 amide bonds. The maximum atomic E-state index is 12.3. The van der Waals surface area contributed by atoms with Crippen molar-refractivity contribution in [1.82, 2.24) is 15.0 Å². The molecule has 0 aliphatic carbocycles. The topological polar surface area (TPSA) is 58.6 Å². The molecular weight excluding hydrogens is 334 g/mol. The number of para-hydroxylation sites is 2. The van der Waals surface area contributed by atoms with Crippen LogP contribution in [-0.2, 0) is 0 Å². The Bertz CT molecular complexity index is 1250. The summed E-state index contributed by atoms with van der Waals surface area (Å²) >= 11 is 0. The molecular formula is C23H15N3O. The summed E-state index contributed by atoms with van der Waals surface area (Å²) in [6, 6.07) is 26.9. The summed E-state index contributed by atoms with van der Waals surface area (Å²) < 4.78 is 0. The van der Waals surface area contributed by atoms with Crippen LogP contribution in [0.3, 0.4) is 0 Å². The Morgan fingerprint density at radius 2 is 1.07 bits per heavy atom. The van der Waals surface area contributed by atoms with Gasteiger partial charge in [-0.2, -0.15) is 0 Å². The van der Waals surface area contributed by atoms with Crippen molar-refractivity contribution in [2.24, 2.45) is 0 Å². The molecule has 1 N–H and O–H groups in total. The minimum atomic E-state index is -0.0799. The van der Waals surface area contributed by atoms with Crippen LogP contribution in [0.4, 0.5) is 0 Å². The third-order valence-electron chi connectivity index (χ3n) is 4.59. The Kier molecular flexibility index (Phi) is 3.54. The largest absolute Gasteiger partial charge is 0.352 e. The third kappa shape index (κ3) is 2.87. The average Bonchev–Trinajstić information content (AvgIpc) is 2.72. The molecule has 3 heterocycles. The number of nitrogens with one attached hydrogen (secondary N) is 1. The van der Waals surface area contributed by atoms with Crippen molar-refractivity contribution >= 4 is 21.8 Å². The molecule has 0 unspecified atom stereocenters. The van der Waals surface area contributed by atoms with Gasteiger partial charge in [0.15, 0.2) is 5.43 Å². The molecule has 128 valence electrons. The monoisotopic (exact) mass is 349 g/mol. The molecule has 4 heteroatoms. The highest BCUT2D eigenvalue weighted by atomic mass is 16.1. The van der Waals surface area contributed by atoms with Gasteiger partial charge < -0.3 is 4.98 Å². The highest BCUT2D eigenvalue weighted by Crippen LogP contribution is 2.23. The fraction of sp³-hybridized carbons (Fsp3) is 0. The molecule has 0 saturated carbocycles. The molecule has 0 atom stereocenters. The van der Waals surface area contributed by atoms with E-state index in [0.29, 0.717) is 11.4 Å². The van der Waals surface area contributed by atoms with Gasteiger partial charge in [-0.15, -0.1) is 0 Å². The lowest BCUT2D eigenvalue weighted by atomic mass is 10.1. The van der Waals surface area contributed by atoms with Gasteiger partial charge in [-0.3, -0.25) is 4.79 Å². The van der Waals surface area contributed by atoms with E-state index in [4.69, 9.17) is 0 Å². The number of hydrogen-bond donors (Lipinski definition) is 1. The molecule has 0 aliphatic rings. The number of benzene rings is 2. The summed E-state index contributed by atoms with van der Waals surface area (Å²) in [4.78, 5) is 25.0. The molecule has 0 aliphatic heterocycles. The Labute approximate surface area is 155 Å². The molecule has 4 nitrogen and oxygen atoms in total. The summed E-state index contributed by atoms with van der Waals surface area (Å²) in [5.74, 6) is 0. The van der Waals surface area contributed by atoms with Gasteiger partial charge in [0.05, 0.1) is 33.8 Å². The van der Waals surface area contributed by atoms with Crippen LogP contribution in [0.2, 0.25) is 0 Å². The Morgan fingerprint density at radius 1 is 0.593 bits per heavy atom. The second kappa shape index (κ2) is 6.18. The zero-order valence-electron chi connectivity index (χ0n) is 14.4. The second-order valence-corrected chi connectivity index (χ2v) is 6.42. The summed E-state index contributed by atoms with van der Waals surface area (Å²) in [7, 11) is 0. The quantitative estimate of drug-likeness (QED) is 0.498. The van der Waals surface area contributed by atoms with E-state index >= 15 is 0 Å². The third-order valence-corrected chi connectivity index (χ3v) is 4.59. The van der Waals surface area contributed by atoms with Crippen LogP contribution in [0, 0.1) is 0 Å². The number of H-pyrrole nitrogens is 1. The minimum absolute atomic E-state index is 0.0799. The predicted molar refractivity (Wildman–Crippen MR) is 109 cm³/mol. The smallest absolute Gasteiger partial charge is 0.182 e. The second-order valence-electron chi connectivity index (χ2n) is 6.42. The standard InChI is InChI=1S/C23H15N3O/c27-17-13-22(20-11-9-15-5-1-3-7-18(15)24-20)26-23(14-17)21-12-10-16-6-2-4-8-19(16)25-21/h1-14H,(H,26,27). The first-order valence-electron chi connectivity index (χ1n) is 8.73. The van der Waals surface area contributed by atoms with E-state index in [9.17, 15) is 4.79 Å². The van der Waals surface area contributed by atoms with Crippen LogP contribution in [-0.4, -0.2) is 15.0 Å². The van der Waals surface area contributed by atoms with Crippen LogP contribution >= 0.6 is 0 Å². The summed E-state index contributed by atoms with van der Waals surface area (Å²) in [5.41, 5.74) is 4.53. The zero-order chi connectivity index (χ0) is 18.2. The lowest BCUT2D eigenvalue weighted by Gasteiger charge is -2.07. The van der Waals surface area contributed by atoms with Crippen LogP contribution in [0.5, 0.6) is 0 Å². The molecule has 0 spiro atoms. The SMILES string of the molecule is O=c1cc(-c2ccc3ccccc3n2)[nH]c(-c2ccc3ccccc3n2)c1. The van der Waals surface area contributed by atoms with Gasteiger partial charge in [0.1, 0.15) is 0 Å². The molecule has 0 bridgehead atoms. The molecule has 0 saturated heterocycles. The number of aromatic amines is 1. The number of hydrogen-bond acceptors (Lipinski definition) is 3. The van der Waals surface area contributed by atoms with E-state index in [2.05, 4.69) is 15.0 Å². The average molecular weight is 349 g/mol. The van der Waals surface area contributed by atoms with Gasteiger partial charge >= 0.3 is 0 Å². The first-order valence-corrected chi connectivity index (χ1v) is 8.73. The number of rotatable bonds is 2. The van der Waals surface area contributed by atoms with Crippen molar-refractivity contribution in [1.29, 1.82) is 0 Å². The van der Waals surface area contributed by atoms with Crippen molar-refractivity contribution in [2.45, 2.75) is 0 Å². The predicted octanol–water partition coefficient (Wildman–Crippen LogP) is 4.81. The molecule has 0 radical (unpaired) electrons. The first-order chi connectivity index (χ1) is 13.3. The van der Waals surface area contributed by atoms with E-state index in [1.54, 1.807) is 12.1 Å². The maximum absolute atomic E-state index is 12.3. The van der Waals surface area contributed by atoms with Crippen molar-refractivity contribution in [2.75, 3.05) is 0 Å². The summed E-state index contributed by atoms with van der Waals surface area (Å²) in [6.07, 6.45) is 0. The van der Waals surface area contributed by atoms with Gasteiger partial charge in [0.25, 0.3) is 0 Å². The van der Waals surface area contributed by atoms with Crippen LogP contribution in [0.1, 0.15) is 0 Å². The van der Waals surface area contributed by atoms with Gasteiger partial charge in [0.2, 0.25) is 0 Å². The number of aromatic nitrogens is 3. The Morgan fingerprint density at radius 3 is 1.59 bits per heavy atom. The van der Waals surface area contributed by atoms with Crippen molar-refractivity contribution in [3.05, 3.63) is 95.2 Å². The van der Waals surface area contributed by atoms with E-state index < -0.39 is 0 Å². The molecule has 5 aromatic rings. The highest BCUT2D eigenvalue weighted by molar-refractivity contribution is 5.82. The van der Waals surface area contributed by atoms with E-state index in [0.717, 1.165) is 33.2 Å². The van der Waals surface area contributed by atoms with Crippen molar-refractivity contribution < 1.29 is 0 Å². The number of nitrogens with zero attached hydrogens (tertiary/aromatic N) is 2. The van der Waals surface area contributed by atoms with Crippen LogP contribution < -0.4 is 5.43 Å². The minimum Gasteiger partial charge on any atom is -0.352 e. The Balaban J connectivity index is 1.66.